The van der Waals surface area contributed by atoms with Crippen LogP contribution in [0, 0.1) is 0 Å². The Bertz CT molecular complexity index is 594. The van der Waals surface area contributed by atoms with Gasteiger partial charge < -0.3 is 9.84 Å². The smallest absolute Gasteiger partial charge is 0.337 e. The summed E-state index contributed by atoms with van der Waals surface area (Å²) in [5.41, 5.74) is 2.22. The maximum atomic E-state index is 12.4. The zero-order valence-electron chi connectivity index (χ0n) is 9.74. The van der Waals surface area contributed by atoms with Gasteiger partial charge in [0.25, 0.3) is 5.82 Å². The summed E-state index contributed by atoms with van der Waals surface area (Å²) >= 11 is 0. The molecule has 1 aliphatic rings. The Balaban J connectivity index is 1.83. The van der Waals surface area contributed by atoms with Crippen molar-refractivity contribution in [3.05, 3.63) is 47.1 Å². The Kier molecular flexibility index (Phi) is 2.78. The summed E-state index contributed by atoms with van der Waals surface area (Å²) in [6, 6.07) is 7.38. The minimum absolute atomic E-state index is 0.0261. The van der Waals surface area contributed by atoms with Crippen molar-refractivity contribution in [1.29, 1.82) is 0 Å². The second kappa shape index (κ2) is 4.34. The summed E-state index contributed by atoms with van der Waals surface area (Å²) in [6.45, 7) is 0.574. The standard InChI is InChI=1S/C12H10F3N3O/c13-12(14,15)11-17-10(19-18-11)9-5-7-3-1-2-4-8(7)6-16-9/h1-4,9,16H,5-6H2. The predicted octanol–water partition coefficient (Wildman–Crippen LogP) is 2.48. The van der Waals surface area contributed by atoms with Crippen molar-refractivity contribution < 1.29 is 17.7 Å². The molecule has 1 atom stereocenters. The molecule has 2 heterocycles. The van der Waals surface area contributed by atoms with E-state index in [1.54, 1.807) is 0 Å². The van der Waals surface area contributed by atoms with E-state index < -0.39 is 12.0 Å². The molecule has 0 saturated heterocycles. The Morgan fingerprint density at radius 3 is 2.63 bits per heavy atom. The van der Waals surface area contributed by atoms with Crippen molar-refractivity contribution in [3.63, 3.8) is 0 Å². The monoisotopic (exact) mass is 269 g/mol. The molecule has 0 spiro atoms. The van der Waals surface area contributed by atoms with E-state index in [4.69, 9.17) is 4.52 Å². The molecule has 7 heteroatoms. The van der Waals surface area contributed by atoms with Gasteiger partial charge in [-0.15, -0.1) is 0 Å². The molecule has 0 amide bonds. The number of nitrogens with zero attached hydrogens (tertiary/aromatic N) is 2. The van der Waals surface area contributed by atoms with Gasteiger partial charge in [-0.1, -0.05) is 29.4 Å². The van der Waals surface area contributed by atoms with Crippen LogP contribution in [-0.2, 0) is 19.1 Å². The highest BCUT2D eigenvalue weighted by Gasteiger charge is 2.38. The molecule has 2 aromatic rings. The van der Waals surface area contributed by atoms with Crippen LogP contribution in [0.4, 0.5) is 13.2 Å². The van der Waals surface area contributed by atoms with E-state index >= 15 is 0 Å². The first kappa shape index (κ1) is 12.2. The average molecular weight is 269 g/mol. The number of fused-ring (bicyclic) bond motifs is 1. The Labute approximate surface area is 106 Å². The molecule has 1 aliphatic heterocycles. The van der Waals surface area contributed by atoms with Gasteiger partial charge in [0.1, 0.15) is 0 Å². The minimum atomic E-state index is -4.58. The van der Waals surface area contributed by atoms with E-state index in [-0.39, 0.29) is 11.9 Å². The molecule has 3 rings (SSSR count). The molecule has 1 aromatic heterocycles. The van der Waals surface area contributed by atoms with E-state index in [0.29, 0.717) is 13.0 Å². The second-order valence-corrected chi connectivity index (χ2v) is 4.36. The maximum Gasteiger partial charge on any atom is 0.455 e. The molecular weight excluding hydrogens is 259 g/mol. The maximum absolute atomic E-state index is 12.4. The summed E-state index contributed by atoms with van der Waals surface area (Å²) in [5, 5.41) is 6.06. The molecular formula is C12H10F3N3O. The minimum Gasteiger partial charge on any atom is -0.337 e. The van der Waals surface area contributed by atoms with Crippen LogP contribution in [0.2, 0.25) is 0 Å². The Hall–Kier alpha value is -1.89. The molecule has 0 radical (unpaired) electrons. The number of hydrogen-bond acceptors (Lipinski definition) is 4. The summed E-state index contributed by atoms with van der Waals surface area (Å²) in [4.78, 5) is 3.41. The summed E-state index contributed by atoms with van der Waals surface area (Å²) in [5.74, 6) is -1.26. The average Bonchev–Trinajstić information content (AvgIpc) is 2.87. The van der Waals surface area contributed by atoms with Crippen LogP contribution < -0.4 is 5.32 Å². The van der Waals surface area contributed by atoms with Gasteiger partial charge in [0.2, 0.25) is 5.89 Å². The van der Waals surface area contributed by atoms with E-state index in [1.165, 1.54) is 0 Å². The predicted molar refractivity (Wildman–Crippen MR) is 59.0 cm³/mol. The van der Waals surface area contributed by atoms with Crippen LogP contribution in [0.1, 0.15) is 28.9 Å². The topological polar surface area (TPSA) is 51.0 Å². The number of rotatable bonds is 1. The molecule has 0 bridgehead atoms. The van der Waals surface area contributed by atoms with E-state index in [9.17, 15) is 13.2 Å². The number of alkyl halides is 3. The van der Waals surface area contributed by atoms with Crippen LogP contribution in [0.15, 0.2) is 28.8 Å². The molecule has 0 saturated carbocycles. The normalized spacial score (nSPS) is 19.2. The molecule has 19 heavy (non-hydrogen) atoms. The second-order valence-electron chi connectivity index (χ2n) is 4.36. The quantitative estimate of drug-likeness (QED) is 0.864. The number of aromatic nitrogens is 2. The van der Waals surface area contributed by atoms with Crippen molar-refractivity contribution >= 4 is 0 Å². The third kappa shape index (κ3) is 2.33. The zero-order valence-corrected chi connectivity index (χ0v) is 9.74. The number of nitrogens with one attached hydrogen (secondary N) is 1. The lowest BCUT2D eigenvalue weighted by molar-refractivity contribution is -0.146. The molecule has 0 fully saturated rings. The van der Waals surface area contributed by atoms with Gasteiger partial charge in [0, 0.05) is 6.54 Å². The van der Waals surface area contributed by atoms with Gasteiger partial charge in [-0.25, -0.2) is 0 Å². The third-order valence-corrected chi connectivity index (χ3v) is 3.07. The Morgan fingerprint density at radius 1 is 1.21 bits per heavy atom. The lowest BCUT2D eigenvalue weighted by Gasteiger charge is -2.23. The molecule has 1 unspecified atom stereocenters. The highest BCUT2D eigenvalue weighted by atomic mass is 19.4. The number of hydrogen-bond donors (Lipinski definition) is 1. The van der Waals surface area contributed by atoms with E-state index in [2.05, 4.69) is 15.5 Å². The summed E-state index contributed by atoms with van der Waals surface area (Å²) in [6.07, 6.45) is -4.04. The first-order chi connectivity index (χ1) is 9.04. The van der Waals surface area contributed by atoms with Gasteiger partial charge >= 0.3 is 6.18 Å². The number of benzene rings is 1. The zero-order chi connectivity index (χ0) is 13.5. The first-order valence-corrected chi connectivity index (χ1v) is 5.75. The van der Waals surface area contributed by atoms with Crippen LogP contribution >= 0.6 is 0 Å². The highest BCUT2D eigenvalue weighted by Crippen LogP contribution is 2.29. The van der Waals surface area contributed by atoms with E-state index in [0.717, 1.165) is 11.1 Å². The summed E-state index contributed by atoms with van der Waals surface area (Å²) in [7, 11) is 0. The van der Waals surface area contributed by atoms with Crippen molar-refractivity contribution in [3.8, 4) is 0 Å². The van der Waals surface area contributed by atoms with Gasteiger partial charge in [-0.3, -0.25) is 0 Å². The lowest BCUT2D eigenvalue weighted by Crippen LogP contribution is -2.28. The fourth-order valence-electron chi connectivity index (χ4n) is 2.12. The van der Waals surface area contributed by atoms with Gasteiger partial charge in [0.05, 0.1) is 6.04 Å². The van der Waals surface area contributed by atoms with Crippen LogP contribution in [0.3, 0.4) is 0 Å². The largest absolute Gasteiger partial charge is 0.455 e. The van der Waals surface area contributed by atoms with Crippen LogP contribution in [0.25, 0.3) is 0 Å². The number of halogens is 3. The molecule has 1 aromatic carbocycles. The molecule has 100 valence electrons. The van der Waals surface area contributed by atoms with Crippen molar-refractivity contribution in [2.24, 2.45) is 0 Å². The molecule has 1 N–H and O–H groups in total. The van der Waals surface area contributed by atoms with Crippen molar-refractivity contribution in [1.82, 2.24) is 15.5 Å². The van der Waals surface area contributed by atoms with Crippen LogP contribution in [0.5, 0.6) is 0 Å². The molecule has 0 aliphatic carbocycles. The highest BCUT2D eigenvalue weighted by molar-refractivity contribution is 5.30. The van der Waals surface area contributed by atoms with Gasteiger partial charge in [0.15, 0.2) is 0 Å². The Morgan fingerprint density at radius 2 is 1.95 bits per heavy atom. The first-order valence-electron chi connectivity index (χ1n) is 5.75. The fourth-order valence-corrected chi connectivity index (χ4v) is 2.12. The fraction of sp³-hybridized carbons (Fsp3) is 0.333. The SMILES string of the molecule is FC(F)(F)c1noc(C2Cc3ccccc3CN2)n1. The van der Waals surface area contributed by atoms with Crippen LogP contribution in [-0.4, -0.2) is 10.1 Å². The van der Waals surface area contributed by atoms with Crippen molar-refractivity contribution in [2.75, 3.05) is 0 Å². The van der Waals surface area contributed by atoms with E-state index in [1.807, 2.05) is 24.3 Å². The lowest BCUT2D eigenvalue weighted by atomic mass is 9.96. The molecule has 4 nitrogen and oxygen atoms in total. The summed E-state index contributed by atoms with van der Waals surface area (Å²) < 4.78 is 41.9. The van der Waals surface area contributed by atoms with Crippen molar-refractivity contribution in [2.45, 2.75) is 25.2 Å². The van der Waals surface area contributed by atoms with Gasteiger partial charge in [-0.2, -0.15) is 18.2 Å². The third-order valence-electron chi connectivity index (χ3n) is 3.07. The van der Waals surface area contributed by atoms with Gasteiger partial charge in [-0.05, 0) is 17.5 Å².